The predicted octanol–water partition coefficient (Wildman–Crippen LogP) is 1.56. The molecule has 1 rings (SSSR count). The van der Waals surface area contributed by atoms with Gasteiger partial charge < -0.3 is 10.1 Å². The highest BCUT2D eigenvalue weighted by Gasteiger charge is 2.12. The van der Waals surface area contributed by atoms with Crippen molar-refractivity contribution < 1.29 is 4.74 Å². The Bertz CT molecular complexity index is 89.6. The van der Waals surface area contributed by atoms with E-state index < -0.39 is 0 Å². The van der Waals surface area contributed by atoms with E-state index in [9.17, 15) is 0 Å². The van der Waals surface area contributed by atoms with E-state index in [1.807, 2.05) is 7.05 Å². The minimum Gasteiger partial charge on any atom is -0.377 e. The molecule has 66 valence electrons. The summed E-state index contributed by atoms with van der Waals surface area (Å²) in [6, 6.07) is 0. The summed E-state index contributed by atoms with van der Waals surface area (Å²) in [6.07, 6.45) is 7.27. The number of rotatable bonds is 4. The van der Waals surface area contributed by atoms with Crippen molar-refractivity contribution in [2.75, 3.05) is 20.2 Å². The number of hydrogen-bond donors (Lipinski definition) is 1. The first-order valence-electron chi connectivity index (χ1n) is 4.69. The summed E-state index contributed by atoms with van der Waals surface area (Å²) in [4.78, 5) is 0. The normalized spacial score (nSPS) is 20.5. The van der Waals surface area contributed by atoms with Crippen LogP contribution in [0.5, 0.6) is 0 Å². The summed E-state index contributed by atoms with van der Waals surface area (Å²) in [6.45, 7) is 1.86. The number of nitrogens with one attached hydrogen (secondary N) is 1. The molecule has 0 atom stereocenters. The van der Waals surface area contributed by atoms with Crippen molar-refractivity contribution >= 4 is 0 Å². The topological polar surface area (TPSA) is 21.3 Å². The number of likely N-dealkylation sites (N-methyl/N-ethyl adjacent to an activating group) is 1. The fourth-order valence-electron chi connectivity index (χ4n) is 1.56. The van der Waals surface area contributed by atoms with Crippen LogP contribution in [-0.2, 0) is 4.74 Å². The second-order valence-corrected chi connectivity index (χ2v) is 3.23. The Labute approximate surface area is 69.3 Å². The van der Waals surface area contributed by atoms with Crippen LogP contribution in [0, 0.1) is 0 Å². The van der Waals surface area contributed by atoms with Gasteiger partial charge in [0.25, 0.3) is 0 Å². The average Bonchev–Trinajstić information content (AvgIpc) is 2.07. The SMILES string of the molecule is CNCCOC1CCCCC1. The van der Waals surface area contributed by atoms with Crippen LogP contribution in [-0.4, -0.2) is 26.3 Å². The van der Waals surface area contributed by atoms with E-state index in [4.69, 9.17) is 4.74 Å². The summed E-state index contributed by atoms with van der Waals surface area (Å²) >= 11 is 0. The van der Waals surface area contributed by atoms with Gasteiger partial charge in [-0.3, -0.25) is 0 Å². The van der Waals surface area contributed by atoms with Crippen LogP contribution in [0.3, 0.4) is 0 Å². The molecule has 1 N–H and O–H groups in total. The Hall–Kier alpha value is -0.0800. The van der Waals surface area contributed by atoms with E-state index in [2.05, 4.69) is 5.32 Å². The third-order valence-electron chi connectivity index (χ3n) is 2.26. The average molecular weight is 157 g/mol. The Morgan fingerprint density at radius 2 is 2.00 bits per heavy atom. The van der Waals surface area contributed by atoms with E-state index in [1.54, 1.807) is 0 Å². The largest absolute Gasteiger partial charge is 0.377 e. The molecule has 0 bridgehead atoms. The molecule has 2 heteroatoms. The van der Waals surface area contributed by atoms with E-state index in [0.717, 1.165) is 13.2 Å². The zero-order chi connectivity index (χ0) is 7.94. The predicted molar refractivity (Wildman–Crippen MR) is 46.8 cm³/mol. The number of hydrogen-bond acceptors (Lipinski definition) is 2. The summed E-state index contributed by atoms with van der Waals surface area (Å²) in [5, 5.41) is 3.08. The molecule has 0 aromatic carbocycles. The Kier molecular flexibility index (Phi) is 4.55. The molecule has 0 spiro atoms. The lowest BCUT2D eigenvalue weighted by molar-refractivity contribution is 0.0310. The Morgan fingerprint density at radius 1 is 1.27 bits per heavy atom. The third kappa shape index (κ3) is 3.73. The molecule has 0 aromatic rings. The maximum atomic E-state index is 5.66. The van der Waals surface area contributed by atoms with Gasteiger partial charge in [-0.25, -0.2) is 0 Å². The molecule has 0 aromatic heterocycles. The van der Waals surface area contributed by atoms with Gasteiger partial charge in [0.05, 0.1) is 12.7 Å². The maximum Gasteiger partial charge on any atom is 0.0594 e. The fourth-order valence-corrected chi connectivity index (χ4v) is 1.56. The first-order chi connectivity index (χ1) is 5.43. The van der Waals surface area contributed by atoms with Crippen molar-refractivity contribution in [2.24, 2.45) is 0 Å². The third-order valence-corrected chi connectivity index (χ3v) is 2.26. The van der Waals surface area contributed by atoms with Gasteiger partial charge in [-0.15, -0.1) is 0 Å². The zero-order valence-electron chi connectivity index (χ0n) is 7.44. The second-order valence-electron chi connectivity index (χ2n) is 3.23. The lowest BCUT2D eigenvalue weighted by Gasteiger charge is -2.21. The molecule has 0 heterocycles. The molecule has 0 unspecified atom stereocenters. The minimum atomic E-state index is 0.567. The van der Waals surface area contributed by atoms with Gasteiger partial charge in [-0.2, -0.15) is 0 Å². The summed E-state index contributed by atoms with van der Waals surface area (Å²) in [5.74, 6) is 0. The minimum absolute atomic E-state index is 0.567. The maximum absolute atomic E-state index is 5.66. The molecule has 0 aliphatic heterocycles. The monoisotopic (exact) mass is 157 g/mol. The lowest BCUT2D eigenvalue weighted by atomic mass is 9.98. The van der Waals surface area contributed by atoms with Crippen LogP contribution >= 0.6 is 0 Å². The van der Waals surface area contributed by atoms with Crippen LogP contribution in [0.2, 0.25) is 0 Å². The Balaban J connectivity index is 1.96. The smallest absolute Gasteiger partial charge is 0.0594 e. The van der Waals surface area contributed by atoms with Crippen LogP contribution in [0.25, 0.3) is 0 Å². The molecular formula is C9H19NO. The van der Waals surface area contributed by atoms with Gasteiger partial charge in [-0.1, -0.05) is 19.3 Å². The molecule has 0 amide bonds. The summed E-state index contributed by atoms with van der Waals surface area (Å²) in [5.41, 5.74) is 0. The highest BCUT2D eigenvalue weighted by Crippen LogP contribution is 2.19. The first kappa shape index (κ1) is 9.01. The van der Waals surface area contributed by atoms with Gasteiger partial charge in [0.2, 0.25) is 0 Å². The standard InChI is InChI=1S/C9H19NO/c1-10-7-8-11-9-5-3-2-4-6-9/h9-10H,2-8H2,1H3. The zero-order valence-corrected chi connectivity index (χ0v) is 7.44. The number of ether oxygens (including phenoxy) is 1. The van der Waals surface area contributed by atoms with Crippen molar-refractivity contribution in [2.45, 2.75) is 38.2 Å². The Morgan fingerprint density at radius 3 is 2.64 bits per heavy atom. The molecule has 1 aliphatic rings. The summed E-state index contributed by atoms with van der Waals surface area (Å²) < 4.78 is 5.66. The van der Waals surface area contributed by atoms with Crippen molar-refractivity contribution in [1.29, 1.82) is 0 Å². The van der Waals surface area contributed by atoms with E-state index in [0.29, 0.717) is 6.10 Å². The summed E-state index contributed by atoms with van der Waals surface area (Å²) in [7, 11) is 1.96. The molecule has 0 radical (unpaired) electrons. The second kappa shape index (κ2) is 5.56. The molecular weight excluding hydrogens is 138 g/mol. The fraction of sp³-hybridized carbons (Fsp3) is 1.00. The van der Waals surface area contributed by atoms with Crippen LogP contribution in [0.15, 0.2) is 0 Å². The highest BCUT2D eigenvalue weighted by atomic mass is 16.5. The van der Waals surface area contributed by atoms with Gasteiger partial charge in [0.15, 0.2) is 0 Å². The first-order valence-corrected chi connectivity index (χ1v) is 4.69. The van der Waals surface area contributed by atoms with Crippen molar-refractivity contribution in [3.05, 3.63) is 0 Å². The molecule has 1 saturated carbocycles. The molecule has 1 fully saturated rings. The van der Waals surface area contributed by atoms with Gasteiger partial charge in [0, 0.05) is 6.54 Å². The van der Waals surface area contributed by atoms with Crippen molar-refractivity contribution in [3.63, 3.8) is 0 Å². The lowest BCUT2D eigenvalue weighted by Crippen LogP contribution is -2.22. The van der Waals surface area contributed by atoms with Crippen LogP contribution in [0.1, 0.15) is 32.1 Å². The van der Waals surface area contributed by atoms with Crippen LogP contribution in [0.4, 0.5) is 0 Å². The quantitative estimate of drug-likeness (QED) is 0.625. The van der Waals surface area contributed by atoms with Crippen molar-refractivity contribution in [1.82, 2.24) is 5.32 Å². The van der Waals surface area contributed by atoms with Crippen molar-refractivity contribution in [3.8, 4) is 0 Å². The molecule has 11 heavy (non-hydrogen) atoms. The molecule has 1 aliphatic carbocycles. The molecule has 0 saturated heterocycles. The van der Waals surface area contributed by atoms with Gasteiger partial charge in [-0.05, 0) is 19.9 Å². The van der Waals surface area contributed by atoms with Gasteiger partial charge in [0.1, 0.15) is 0 Å². The van der Waals surface area contributed by atoms with E-state index in [-0.39, 0.29) is 0 Å². The van der Waals surface area contributed by atoms with Gasteiger partial charge >= 0.3 is 0 Å². The van der Waals surface area contributed by atoms with E-state index >= 15 is 0 Å². The van der Waals surface area contributed by atoms with E-state index in [1.165, 1.54) is 32.1 Å². The highest BCUT2D eigenvalue weighted by molar-refractivity contribution is 4.64. The van der Waals surface area contributed by atoms with Crippen LogP contribution < -0.4 is 5.32 Å². The molecule has 2 nitrogen and oxygen atoms in total.